The molecule has 1 aromatic carbocycles. The quantitative estimate of drug-likeness (QED) is 0.758. The minimum Gasteiger partial charge on any atom is -0.479 e. The van der Waals surface area contributed by atoms with Crippen LogP contribution in [0.5, 0.6) is 5.75 Å². The van der Waals surface area contributed by atoms with Gasteiger partial charge in [-0.25, -0.2) is 16.8 Å². The Balaban J connectivity index is 1.82. The fourth-order valence-corrected chi connectivity index (χ4v) is 5.01. The predicted molar refractivity (Wildman–Crippen MR) is 90.3 cm³/mol. The second-order valence-corrected chi connectivity index (χ2v) is 9.89. The van der Waals surface area contributed by atoms with E-state index in [2.05, 4.69) is 5.32 Å². The molecule has 0 aliphatic carbocycles. The molecular weight excluding hydrogens is 370 g/mol. The van der Waals surface area contributed by atoms with Crippen LogP contribution in [-0.4, -0.2) is 69.9 Å². The fraction of sp³-hybridized carbons (Fsp3) is 0.500. The smallest absolute Gasteiger partial charge is 0.265 e. The molecule has 2 aliphatic rings. The first-order valence-corrected chi connectivity index (χ1v) is 10.9. The molecule has 138 valence electrons. The minimum atomic E-state index is -3.79. The van der Waals surface area contributed by atoms with Crippen molar-refractivity contribution in [1.29, 1.82) is 0 Å². The van der Waals surface area contributed by atoms with Crippen LogP contribution >= 0.6 is 0 Å². The van der Waals surface area contributed by atoms with Crippen molar-refractivity contribution in [1.82, 2.24) is 8.61 Å². The summed E-state index contributed by atoms with van der Waals surface area (Å²) in [5.74, 6) is 0.0664. The molecule has 9 nitrogen and oxygen atoms in total. The third kappa shape index (κ3) is 3.50. The minimum absolute atomic E-state index is 0.0255. The lowest BCUT2D eigenvalue weighted by Crippen LogP contribution is -2.50. The number of amides is 1. The maximum atomic E-state index is 12.8. The van der Waals surface area contributed by atoms with Gasteiger partial charge in [-0.15, -0.1) is 0 Å². The molecule has 0 spiro atoms. The van der Waals surface area contributed by atoms with Gasteiger partial charge in [0.1, 0.15) is 5.75 Å². The average Bonchev–Trinajstić information content (AvgIpc) is 2.55. The molecule has 1 N–H and O–H groups in total. The summed E-state index contributed by atoms with van der Waals surface area (Å²) in [6.45, 7) is 1.98. The van der Waals surface area contributed by atoms with Crippen molar-refractivity contribution in [3.05, 3.63) is 18.2 Å². The monoisotopic (exact) mass is 389 g/mol. The number of carbonyl (C=O) groups is 1. The Morgan fingerprint density at radius 2 is 1.68 bits per heavy atom. The second kappa shape index (κ2) is 6.24. The number of carbonyl (C=O) groups excluding carboxylic acids is 1. The van der Waals surface area contributed by atoms with Gasteiger partial charge in [0.2, 0.25) is 20.0 Å². The van der Waals surface area contributed by atoms with Crippen molar-refractivity contribution in [2.75, 3.05) is 37.8 Å². The molecule has 1 unspecified atom stereocenters. The van der Waals surface area contributed by atoms with Crippen LogP contribution in [0.4, 0.5) is 5.69 Å². The van der Waals surface area contributed by atoms with E-state index in [9.17, 15) is 21.6 Å². The molecule has 1 atom stereocenters. The summed E-state index contributed by atoms with van der Waals surface area (Å²) in [6, 6.07) is 4.28. The molecule has 2 aliphatic heterocycles. The third-order valence-corrected chi connectivity index (χ3v) is 7.38. The summed E-state index contributed by atoms with van der Waals surface area (Å²) >= 11 is 0. The molecule has 1 fully saturated rings. The first-order chi connectivity index (χ1) is 11.6. The van der Waals surface area contributed by atoms with Crippen molar-refractivity contribution in [3.8, 4) is 5.75 Å². The van der Waals surface area contributed by atoms with E-state index >= 15 is 0 Å². The van der Waals surface area contributed by atoms with Gasteiger partial charge in [0.25, 0.3) is 5.91 Å². The Morgan fingerprint density at radius 3 is 2.28 bits per heavy atom. The Morgan fingerprint density at radius 1 is 1.08 bits per heavy atom. The molecule has 2 heterocycles. The van der Waals surface area contributed by atoms with Crippen molar-refractivity contribution < 1.29 is 26.4 Å². The summed E-state index contributed by atoms with van der Waals surface area (Å²) in [5.41, 5.74) is 0.305. The molecule has 11 heteroatoms. The highest BCUT2D eigenvalue weighted by atomic mass is 32.2. The number of hydrogen-bond acceptors (Lipinski definition) is 6. The largest absolute Gasteiger partial charge is 0.479 e. The molecule has 1 amide bonds. The van der Waals surface area contributed by atoms with E-state index in [4.69, 9.17) is 4.74 Å². The van der Waals surface area contributed by atoms with E-state index in [-0.39, 0.29) is 37.0 Å². The number of nitrogens with one attached hydrogen (secondary N) is 1. The van der Waals surface area contributed by atoms with Gasteiger partial charge >= 0.3 is 0 Å². The summed E-state index contributed by atoms with van der Waals surface area (Å²) < 4.78 is 56.5. The van der Waals surface area contributed by atoms with Gasteiger partial charge in [0.05, 0.1) is 16.8 Å². The highest BCUT2D eigenvalue weighted by molar-refractivity contribution is 7.89. The molecule has 1 aromatic rings. The zero-order valence-corrected chi connectivity index (χ0v) is 15.4. The van der Waals surface area contributed by atoms with Crippen LogP contribution in [0.1, 0.15) is 6.92 Å². The van der Waals surface area contributed by atoms with Crippen LogP contribution in [0, 0.1) is 0 Å². The average molecular weight is 389 g/mol. The van der Waals surface area contributed by atoms with Crippen molar-refractivity contribution in [2.45, 2.75) is 17.9 Å². The Kier molecular flexibility index (Phi) is 4.52. The number of sulfonamides is 2. The van der Waals surface area contributed by atoms with E-state index in [0.29, 0.717) is 11.4 Å². The van der Waals surface area contributed by atoms with Crippen molar-refractivity contribution >= 4 is 31.6 Å². The summed E-state index contributed by atoms with van der Waals surface area (Å²) in [5, 5.41) is 2.62. The molecule has 0 radical (unpaired) electrons. The summed E-state index contributed by atoms with van der Waals surface area (Å²) in [4.78, 5) is 11.7. The Labute approximate surface area is 146 Å². The summed E-state index contributed by atoms with van der Waals surface area (Å²) in [6.07, 6.45) is 0.462. The van der Waals surface area contributed by atoms with E-state index in [1.54, 1.807) is 6.92 Å². The normalized spacial score (nSPS) is 22.8. The van der Waals surface area contributed by atoms with E-state index in [1.165, 1.54) is 26.8 Å². The van der Waals surface area contributed by atoms with Gasteiger partial charge in [-0.05, 0) is 25.1 Å². The number of ether oxygens (including phenoxy) is 1. The zero-order valence-electron chi connectivity index (χ0n) is 13.8. The highest BCUT2D eigenvalue weighted by Crippen LogP contribution is 2.32. The van der Waals surface area contributed by atoms with Crippen molar-refractivity contribution in [2.24, 2.45) is 0 Å². The van der Waals surface area contributed by atoms with E-state index in [0.717, 1.165) is 6.26 Å². The maximum absolute atomic E-state index is 12.8. The number of rotatable bonds is 3. The van der Waals surface area contributed by atoms with Gasteiger partial charge in [-0.3, -0.25) is 4.79 Å². The topological polar surface area (TPSA) is 113 Å². The second-order valence-electron chi connectivity index (χ2n) is 5.97. The van der Waals surface area contributed by atoms with Gasteiger partial charge in [-0.2, -0.15) is 8.61 Å². The van der Waals surface area contributed by atoms with Crippen LogP contribution in [0.15, 0.2) is 23.1 Å². The zero-order chi connectivity index (χ0) is 18.4. The van der Waals surface area contributed by atoms with Crippen LogP contribution in [0.25, 0.3) is 0 Å². The standard InChI is InChI=1S/C14H19N3O6S2/c1-10-14(18)15-12-9-11(3-4-13(12)23-10)25(21,22)17-7-5-16(6-8-17)24(2,19)20/h3-4,9-10H,5-8H2,1-2H3,(H,15,18). The van der Waals surface area contributed by atoms with Crippen LogP contribution < -0.4 is 10.1 Å². The predicted octanol–water partition coefficient (Wildman–Crippen LogP) is -0.328. The Hall–Kier alpha value is -1.69. The first-order valence-electron chi connectivity index (χ1n) is 7.66. The molecular formula is C14H19N3O6S2. The lowest BCUT2D eigenvalue weighted by atomic mass is 10.2. The number of nitrogens with zero attached hydrogens (tertiary/aromatic N) is 2. The molecule has 0 bridgehead atoms. The highest BCUT2D eigenvalue weighted by Gasteiger charge is 2.32. The van der Waals surface area contributed by atoms with E-state index in [1.807, 2.05) is 0 Å². The third-order valence-electron chi connectivity index (χ3n) is 4.19. The molecule has 25 heavy (non-hydrogen) atoms. The lowest BCUT2D eigenvalue weighted by molar-refractivity contribution is -0.122. The molecule has 0 saturated carbocycles. The maximum Gasteiger partial charge on any atom is 0.265 e. The molecule has 1 saturated heterocycles. The molecule has 0 aromatic heterocycles. The number of hydrogen-bond donors (Lipinski definition) is 1. The lowest BCUT2D eigenvalue weighted by Gasteiger charge is -2.32. The fourth-order valence-electron chi connectivity index (χ4n) is 2.74. The number of benzene rings is 1. The summed E-state index contributed by atoms with van der Waals surface area (Å²) in [7, 11) is -7.13. The van der Waals surface area contributed by atoms with Crippen molar-refractivity contribution in [3.63, 3.8) is 0 Å². The van der Waals surface area contributed by atoms with Crippen LogP contribution in [0.2, 0.25) is 0 Å². The van der Waals surface area contributed by atoms with E-state index < -0.39 is 26.2 Å². The van der Waals surface area contributed by atoms with Gasteiger partial charge < -0.3 is 10.1 Å². The first kappa shape index (κ1) is 18.1. The molecule has 3 rings (SSSR count). The number of anilines is 1. The Bertz CT molecular complexity index is 904. The van der Waals surface area contributed by atoms with Gasteiger partial charge in [0.15, 0.2) is 6.10 Å². The van der Waals surface area contributed by atoms with Gasteiger partial charge in [0, 0.05) is 26.2 Å². The van der Waals surface area contributed by atoms with Crippen LogP contribution in [-0.2, 0) is 24.8 Å². The van der Waals surface area contributed by atoms with Crippen LogP contribution in [0.3, 0.4) is 0 Å². The van der Waals surface area contributed by atoms with Gasteiger partial charge in [-0.1, -0.05) is 0 Å². The SMILES string of the molecule is CC1Oc2ccc(S(=O)(=O)N3CCN(S(C)(=O)=O)CC3)cc2NC1=O. The number of piperazine rings is 1. The number of fused-ring (bicyclic) bond motifs is 1.